The van der Waals surface area contributed by atoms with Crippen molar-refractivity contribution in [3.8, 4) is 0 Å². The van der Waals surface area contributed by atoms with Crippen LogP contribution in [0.25, 0.3) is 0 Å². The van der Waals surface area contributed by atoms with Crippen LogP contribution in [-0.2, 0) is 19.2 Å². The molecular formula is C13H24N4O6. The van der Waals surface area contributed by atoms with Crippen LogP contribution in [0, 0.1) is 5.92 Å². The number of amides is 3. The predicted molar refractivity (Wildman–Crippen MR) is 79.8 cm³/mol. The Hall–Kier alpha value is -2.20. The van der Waals surface area contributed by atoms with Gasteiger partial charge in [-0.25, -0.2) is 4.79 Å². The molecule has 0 aromatic heterocycles. The van der Waals surface area contributed by atoms with Crippen molar-refractivity contribution in [2.75, 3.05) is 0 Å². The van der Waals surface area contributed by atoms with Crippen LogP contribution in [0.3, 0.4) is 0 Å². The van der Waals surface area contributed by atoms with Crippen molar-refractivity contribution in [3.63, 3.8) is 0 Å². The maximum absolute atomic E-state index is 12.2. The van der Waals surface area contributed by atoms with Crippen LogP contribution in [0.5, 0.6) is 0 Å². The number of nitrogens with one attached hydrogen (secondary N) is 2. The van der Waals surface area contributed by atoms with E-state index in [4.69, 9.17) is 16.6 Å². The van der Waals surface area contributed by atoms with E-state index in [-0.39, 0.29) is 5.92 Å². The topological polar surface area (TPSA) is 185 Å². The van der Waals surface area contributed by atoms with Gasteiger partial charge in [-0.2, -0.15) is 0 Å². The van der Waals surface area contributed by atoms with Gasteiger partial charge in [0.05, 0.1) is 12.5 Å². The fraction of sp³-hybridized carbons (Fsp3) is 0.692. The van der Waals surface area contributed by atoms with Crippen LogP contribution in [0.2, 0.25) is 0 Å². The molecule has 3 amide bonds. The highest BCUT2D eigenvalue weighted by Gasteiger charge is 2.31. The van der Waals surface area contributed by atoms with E-state index >= 15 is 0 Å². The molecule has 0 saturated carbocycles. The molecule has 0 spiro atoms. The summed E-state index contributed by atoms with van der Waals surface area (Å²) in [7, 11) is 0. The zero-order chi connectivity index (χ0) is 18.3. The maximum Gasteiger partial charge on any atom is 0.326 e. The average Bonchev–Trinajstić information content (AvgIpc) is 2.41. The number of carboxylic acid groups (broad SMARTS) is 1. The minimum absolute atomic E-state index is 0.386. The third-order valence-electron chi connectivity index (χ3n) is 3.09. The van der Waals surface area contributed by atoms with E-state index in [0.717, 1.165) is 0 Å². The van der Waals surface area contributed by atoms with Gasteiger partial charge < -0.3 is 32.3 Å². The fourth-order valence-electron chi connectivity index (χ4n) is 1.67. The molecule has 0 aromatic rings. The molecule has 10 heteroatoms. The Labute approximate surface area is 133 Å². The first-order valence-corrected chi connectivity index (χ1v) is 7.02. The molecule has 132 valence electrons. The molecule has 0 aliphatic carbocycles. The zero-order valence-corrected chi connectivity index (χ0v) is 13.3. The lowest BCUT2D eigenvalue weighted by molar-refractivity contribution is -0.144. The van der Waals surface area contributed by atoms with E-state index in [1.165, 1.54) is 6.92 Å². The number of carbonyl (C=O) groups is 4. The first-order chi connectivity index (χ1) is 10.5. The molecule has 0 aromatic carbocycles. The SMILES string of the molecule is CC(C)C(NC(=O)C(N)C(C)O)C(=O)NC(CC(N)=O)C(=O)O. The van der Waals surface area contributed by atoms with Gasteiger partial charge in [-0.3, -0.25) is 14.4 Å². The Balaban J connectivity index is 5.01. The van der Waals surface area contributed by atoms with Crippen molar-refractivity contribution in [2.24, 2.45) is 17.4 Å². The third kappa shape index (κ3) is 7.06. The number of nitrogens with two attached hydrogens (primary N) is 2. The first kappa shape index (κ1) is 20.8. The number of hydrogen-bond donors (Lipinski definition) is 6. The van der Waals surface area contributed by atoms with E-state index in [0.29, 0.717) is 0 Å². The highest BCUT2D eigenvalue weighted by molar-refractivity contribution is 5.93. The molecule has 10 nitrogen and oxygen atoms in total. The number of aliphatic hydroxyl groups excluding tert-OH is 1. The average molecular weight is 332 g/mol. The molecular weight excluding hydrogens is 308 g/mol. The maximum atomic E-state index is 12.2. The van der Waals surface area contributed by atoms with Crippen LogP contribution in [0.15, 0.2) is 0 Å². The van der Waals surface area contributed by atoms with Crippen molar-refractivity contribution in [3.05, 3.63) is 0 Å². The third-order valence-corrected chi connectivity index (χ3v) is 3.09. The number of rotatable bonds is 9. The molecule has 23 heavy (non-hydrogen) atoms. The molecule has 4 atom stereocenters. The van der Waals surface area contributed by atoms with Gasteiger partial charge >= 0.3 is 5.97 Å². The number of hydrogen-bond acceptors (Lipinski definition) is 6. The summed E-state index contributed by atoms with van der Waals surface area (Å²) < 4.78 is 0. The van der Waals surface area contributed by atoms with Crippen molar-refractivity contribution in [1.29, 1.82) is 0 Å². The van der Waals surface area contributed by atoms with Gasteiger partial charge in [0, 0.05) is 0 Å². The highest BCUT2D eigenvalue weighted by atomic mass is 16.4. The van der Waals surface area contributed by atoms with Crippen molar-refractivity contribution in [1.82, 2.24) is 10.6 Å². The normalized spacial score (nSPS) is 16.1. The van der Waals surface area contributed by atoms with Gasteiger partial charge in [-0.05, 0) is 12.8 Å². The predicted octanol–water partition coefficient (Wildman–Crippen LogP) is -2.72. The van der Waals surface area contributed by atoms with E-state index in [9.17, 15) is 24.3 Å². The van der Waals surface area contributed by atoms with Crippen molar-refractivity contribution >= 4 is 23.7 Å². The van der Waals surface area contributed by atoms with Gasteiger partial charge in [0.1, 0.15) is 18.1 Å². The van der Waals surface area contributed by atoms with Crippen LogP contribution in [-0.4, -0.2) is 58.1 Å². The number of aliphatic hydroxyl groups is 1. The monoisotopic (exact) mass is 332 g/mol. The Morgan fingerprint density at radius 3 is 1.91 bits per heavy atom. The summed E-state index contributed by atoms with van der Waals surface area (Å²) >= 11 is 0. The first-order valence-electron chi connectivity index (χ1n) is 7.02. The Bertz CT molecular complexity index is 465. The van der Waals surface area contributed by atoms with Gasteiger partial charge in [-0.1, -0.05) is 13.8 Å². The quantitative estimate of drug-likeness (QED) is 0.265. The van der Waals surface area contributed by atoms with E-state index in [1.54, 1.807) is 13.8 Å². The van der Waals surface area contributed by atoms with E-state index in [1.807, 2.05) is 0 Å². The van der Waals surface area contributed by atoms with E-state index in [2.05, 4.69) is 10.6 Å². The summed E-state index contributed by atoms with van der Waals surface area (Å²) in [5.41, 5.74) is 10.4. The summed E-state index contributed by atoms with van der Waals surface area (Å²) in [5.74, 6) is -4.25. The minimum atomic E-state index is -1.50. The molecule has 0 aliphatic rings. The van der Waals surface area contributed by atoms with Crippen LogP contribution in [0.4, 0.5) is 0 Å². The summed E-state index contributed by atoms with van der Waals surface area (Å²) in [5, 5.41) is 22.7. The van der Waals surface area contributed by atoms with Crippen LogP contribution < -0.4 is 22.1 Å². The number of carboxylic acids is 1. The summed E-state index contributed by atoms with van der Waals surface area (Å²) in [6.07, 6.45) is -1.69. The van der Waals surface area contributed by atoms with Crippen molar-refractivity contribution < 1.29 is 29.4 Å². The second kappa shape index (κ2) is 9.06. The summed E-state index contributed by atoms with van der Waals surface area (Å²) in [6.45, 7) is 4.58. The lowest BCUT2D eigenvalue weighted by Gasteiger charge is -2.25. The van der Waals surface area contributed by atoms with E-state index < -0.39 is 54.3 Å². The summed E-state index contributed by atoms with van der Waals surface area (Å²) in [6, 6.07) is -3.81. The molecule has 0 radical (unpaired) electrons. The molecule has 8 N–H and O–H groups in total. The zero-order valence-electron chi connectivity index (χ0n) is 13.3. The largest absolute Gasteiger partial charge is 0.480 e. The molecule has 0 heterocycles. The van der Waals surface area contributed by atoms with Crippen LogP contribution in [0.1, 0.15) is 27.2 Å². The lowest BCUT2D eigenvalue weighted by atomic mass is 10.0. The minimum Gasteiger partial charge on any atom is -0.480 e. The molecule has 0 saturated heterocycles. The Morgan fingerprint density at radius 1 is 1.04 bits per heavy atom. The smallest absolute Gasteiger partial charge is 0.326 e. The van der Waals surface area contributed by atoms with Gasteiger partial charge in [0.2, 0.25) is 17.7 Å². The molecule has 0 aliphatic heterocycles. The molecule has 4 unspecified atom stereocenters. The second-order valence-corrected chi connectivity index (χ2v) is 5.57. The lowest BCUT2D eigenvalue weighted by Crippen LogP contribution is -2.58. The molecule has 0 rings (SSSR count). The van der Waals surface area contributed by atoms with Crippen molar-refractivity contribution in [2.45, 2.75) is 51.4 Å². The number of carbonyl (C=O) groups excluding carboxylic acids is 3. The highest BCUT2D eigenvalue weighted by Crippen LogP contribution is 2.04. The fourth-order valence-corrected chi connectivity index (χ4v) is 1.67. The Morgan fingerprint density at radius 2 is 1.57 bits per heavy atom. The van der Waals surface area contributed by atoms with Gasteiger partial charge in [0.15, 0.2) is 0 Å². The molecule has 0 bridgehead atoms. The summed E-state index contributed by atoms with van der Waals surface area (Å²) in [4.78, 5) is 45.9. The molecule has 0 fully saturated rings. The number of primary amides is 1. The Kier molecular flexibility index (Phi) is 8.19. The standard InChI is InChI=1S/C13H24N4O6/c1-5(2)10(17-11(20)9(15)6(3)18)12(21)16-7(13(22)23)4-8(14)19/h5-7,9-10,18H,4,15H2,1-3H3,(H2,14,19)(H,16,21)(H,17,20)(H,22,23). The van der Waals surface area contributed by atoms with Gasteiger partial charge in [-0.15, -0.1) is 0 Å². The van der Waals surface area contributed by atoms with Gasteiger partial charge in [0.25, 0.3) is 0 Å². The second-order valence-electron chi connectivity index (χ2n) is 5.57. The number of aliphatic carboxylic acids is 1. The van der Waals surface area contributed by atoms with Crippen LogP contribution >= 0.6 is 0 Å².